The van der Waals surface area contributed by atoms with Crippen LogP contribution >= 0.6 is 0 Å². The molecule has 28 heavy (non-hydrogen) atoms. The molecule has 0 aliphatic rings. The Kier molecular flexibility index (Phi) is 6.82. The molecule has 2 aromatic carbocycles. The van der Waals surface area contributed by atoms with Gasteiger partial charge in [0.25, 0.3) is 0 Å². The van der Waals surface area contributed by atoms with E-state index in [9.17, 15) is 26.7 Å². The summed E-state index contributed by atoms with van der Waals surface area (Å²) in [6, 6.07) is 8.57. The Hall–Kier alpha value is -2.84. The molecule has 9 heteroatoms. The van der Waals surface area contributed by atoms with Crippen molar-refractivity contribution >= 4 is 11.8 Å². The van der Waals surface area contributed by atoms with Crippen LogP contribution in [0.2, 0.25) is 0 Å². The fraction of sp³-hybridized carbons (Fsp3) is 0.316. The van der Waals surface area contributed by atoms with Gasteiger partial charge in [0.15, 0.2) is 0 Å². The fourth-order valence-corrected chi connectivity index (χ4v) is 2.57. The number of amides is 1. The van der Waals surface area contributed by atoms with Gasteiger partial charge in [-0.25, -0.2) is 4.79 Å². The second-order valence-electron chi connectivity index (χ2n) is 5.87. The van der Waals surface area contributed by atoms with Crippen molar-refractivity contribution in [3.8, 4) is 5.75 Å². The van der Waals surface area contributed by atoms with Gasteiger partial charge in [-0.1, -0.05) is 31.2 Å². The third-order valence-corrected chi connectivity index (χ3v) is 3.91. The van der Waals surface area contributed by atoms with Gasteiger partial charge in [0.05, 0.1) is 11.3 Å². The molecular weight excluding hydrogens is 385 g/mol. The van der Waals surface area contributed by atoms with Gasteiger partial charge in [-0.05, 0) is 36.6 Å². The second kappa shape index (κ2) is 8.90. The number of anilines is 1. The summed E-state index contributed by atoms with van der Waals surface area (Å²) in [6.07, 6.45) is -5.70. The molecule has 0 atom stereocenters. The Bertz CT molecular complexity index is 837. The molecule has 0 radical (unpaired) electrons. The van der Waals surface area contributed by atoms with E-state index in [0.29, 0.717) is 5.75 Å². The Morgan fingerprint density at radius 3 is 2.46 bits per heavy atom. The highest BCUT2D eigenvalue weighted by Gasteiger charge is 2.35. The number of alkyl halides is 5. The van der Waals surface area contributed by atoms with E-state index in [-0.39, 0.29) is 12.2 Å². The number of halogens is 5. The lowest BCUT2D eigenvalue weighted by Gasteiger charge is -2.18. The summed E-state index contributed by atoms with van der Waals surface area (Å²) in [5.41, 5.74) is -0.0691. The summed E-state index contributed by atoms with van der Waals surface area (Å²) in [4.78, 5) is 11.4. The van der Waals surface area contributed by atoms with Crippen molar-refractivity contribution < 1.29 is 36.2 Å². The lowest BCUT2D eigenvalue weighted by Crippen LogP contribution is -2.21. The monoisotopic (exact) mass is 403 g/mol. The maximum absolute atomic E-state index is 13.3. The predicted molar refractivity (Wildman–Crippen MR) is 92.4 cm³/mol. The molecule has 4 nitrogen and oxygen atoms in total. The summed E-state index contributed by atoms with van der Waals surface area (Å²) in [6.45, 7) is -0.00761. The fourth-order valence-electron chi connectivity index (χ4n) is 2.57. The topological polar surface area (TPSA) is 47.6 Å². The van der Waals surface area contributed by atoms with Crippen molar-refractivity contribution in [2.75, 3.05) is 5.32 Å². The Labute approximate surface area is 158 Å². The minimum atomic E-state index is -4.82. The first-order chi connectivity index (χ1) is 13.1. The van der Waals surface area contributed by atoms with E-state index in [1.165, 1.54) is 6.07 Å². The number of hydrogen-bond donors (Lipinski definition) is 1. The van der Waals surface area contributed by atoms with E-state index >= 15 is 0 Å². The van der Waals surface area contributed by atoms with E-state index in [1.54, 1.807) is 18.3 Å². The number of ether oxygens (including phenoxy) is 2. The molecular formula is C19H18F5NO3. The normalized spacial score (nSPS) is 11.4. The SMILES string of the molecule is CCc1ccc(OCc2cccc(C(F)(F)F)c2NC(=O)OC(F)F)c(C)c1. The third-order valence-electron chi connectivity index (χ3n) is 3.91. The van der Waals surface area contributed by atoms with Crippen LogP contribution in [0.5, 0.6) is 5.75 Å². The summed E-state index contributed by atoms with van der Waals surface area (Å²) in [7, 11) is 0. The highest BCUT2D eigenvalue weighted by molar-refractivity contribution is 5.87. The molecule has 0 aliphatic carbocycles. The average Bonchev–Trinajstić information content (AvgIpc) is 2.59. The Balaban J connectivity index is 2.31. The molecule has 0 spiro atoms. The molecule has 1 amide bonds. The predicted octanol–water partition coefficient (Wildman–Crippen LogP) is 5.93. The minimum Gasteiger partial charge on any atom is -0.489 e. The van der Waals surface area contributed by atoms with Crippen LogP contribution in [0.3, 0.4) is 0 Å². The zero-order valence-corrected chi connectivity index (χ0v) is 15.1. The smallest absolute Gasteiger partial charge is 0.418 e. The van der Waals surface area contributed by atoms with Crippen LogP contribution in [0.4, 0.5) is 32.4 Å². The highest BCUT2D eigenvalue weighted by Crippen LogP contribution is 2.37. The van der Waals surface area contributed by atoms with Gasteiger partial charge in [0.1, 0.15) is 12.4 Å². The van der Waals surface area contributed by atoms with Crippen LogP contribution in [0.1, 0.15) is 29.2 Å². The quantitative estimate of drug-likeness (QED) is 0.609. The maximum Gasteiger partial charge on any atom is 0.418 e. The molecule has 0 fully saturated rings. The molecule has 0 saturated heterocycles. The van der Waals surface area contributed by atoms with Crippen molar-refractivity contribution in [1.29, 1.82) is 0 Å². The van der Waals surface area contributed by atoms with E-state index in [4.69, 9.17) is 4.74 Å². The first kappa shape index (κ1) is 21.5. The molecule has 1 N–H and O–H groups in total. The van der Waals surface area contributed by atoms with E-state index in [2.05, 4.69) is 4.74 Å². The Morgan fingerprint density at radius 1 is 1.18 bits per heavy atom. The molecule has 2 aromatic rings. The zero-order valence-electron chi connectivity index (χ0n) is 15.1. The average molecular weight is 403 g/mol. The number of para-hydroxylation sites is 1. The summed E-state index contributed by atoms with van der Waals surface area (Å²) >= 11 is 0. The number of rotatable bonds is 6. The molecule has 152 valence electrons. The first-order valence-corrected chi connectivity index (χ1v) is 8.29. The summed E-state index contributed by atoms with van der Waals surface area (Å²) in [5.74, 6) is 0.454. The number of hydrogen-bond acceptors (Lipinski definition) is 3. The summed E-state index contributed by atoms with van der Waals surface area (Å²) < 4.78 is 73.3. The van der Waals surface area contributed by atoms with Crippen molar-refractivity contribution in [3.05, 3.63) is 58.7 Å². The number of carbonyl (C=O) groups is 1. The molecule has 0 unspecified atom stereocenters. The van der Waals surface area contributed by atoms with Gasteiger partial charge in [0.2, 0.25) is 0 Å². The van der Waals surface area contributed by atoms with E-state index in [1.807, 2.05) is 19.1 Å². The minimum absolute atomic E-state index is 0.0417. The van der Waals surface area contributed by atoms with Crippen molar-refractivity contribution in [3.63, 3.8) is 0 Å². The van der Waals surface area contributed by atoms with Gasteiger partial charge in [0, 0.05) is 5.56 Å². The summed E-state index contributed by atoms with van der Waals surface area (Å²) in [5, 5.41) is 1.74. The largest absolute Gasteiger partial charge is 0.489 e. The van der Waals surface area contributed by atoms with Gasteiger partial charge in [-0.3, -0.25) is 5.32 Å². The van der Waals surface area contributed by atoms with Crippen LogP contribution in [-0.4, -0.2) is 12.7 Å². The van der Waals surface area contributed by atoms with Crippen LogP contribution in [0.25, 0.3) is 0 Å². The standard InChI is InChI=1S/C19H18F5NO3/c1-3-12-7-8-15(11(2)9-12)27-10-13-5-4-6-14(19(22,23)24)16(13)25-18(26)28-17(20)21/h4-9,17H,3,10H2,1-2H3,(H,25,26). The van der Waals surface area contributed by atoms with Crippen LogP contribution in [-0.2, 0) is 23.9 Å². The van der Waals surface area contributed by atoms with Crippen LogP contribution in [0.15, 0.2) is 36.4 Å². The molecule has 0 aliphatic heterocycles. The number of benzene rings is 2. The maximum atomic E-state index is 13.3. The van der Waals surface area contributed by atoms with Gasteiger partial charge >= 0.3 is 18.9 Å². The third kappa shape index (κ3) is 5.58. The van der Waals surface area contributed by atoms with E-state index < -0.39 is 30.1 Å². The Morgan fingerprint density at radius 2 is 1.89 bits per heavy atom. The van der Waals surface area contributed by atoms with Gasteiger partial charge in [-0.15, -0.1) is 0 Å². The second-order valence-corrected chi connectivity index (χ2v) is 5.87. The molecule has 2 rings (SSSR count). The highest BCUT2D eigenvalue weighted by atomic mass is 19.4. The number of carbonyl (C=O) groups excluding carboxylic acids is 1. The lowest BCUT2D eigenvalue weighted by molar-refractivity contribution is -0.137. The molecule has 0 heterocycles. The lowest BCUT2D eigenvalue weighted by atomic mass is 10.1. The first-order valence-electron chi connectivity index (χ1n) is 8.29. The number of aryl methyl sites for hydroxylation is 2. The van der Waals surface area contributed by atoms with Gasteiger partial charge < -0.3 is 9.47 Å². The van der Waals surface area contributed by atoms with E-state index in [0.717, 1.165) is 29.7 Å². The zero-order chi connectivity index (χ0) is 20.9. The molecule has 0 saturated carbocycles. The van der Waals surface area contributed by atoms with Crippen molar-refractivity contribution in [2.45, 2.75) is 39.7 Å². The van der Waals surface area contributed by atoms with Gasteiger partial charge in [-0.2, -0.15) is 22.0 Å². The molecule has 0 aromatic heterocycles. The van der Waals surface area contributed by atoms with Crippen molar-refractivity contribution in [1.82, 2.24) is 0 Å². The van der Waals surface area contributed by atoms with Crippen molar-refractivity contribution in [2.24, 2.45) is 0 Å². The van der Waals surface area contributed by atoms with Crippen LogP contribution in [0, 0.1) is 6.92 Å². The number of nitrogens with one attached hydrogen (secondary N) is 1. The van der Waals surface area contributed by atoms with Crippen LogP contribution < -0.4 is 10.1 Å². The molecule has 0 bridgehead atoms.